The lowest BCUT2D eigenvalue weighted by Crippen LogP contribution is -2.61. The number of allylic oxidation sites excluding steroid dienone is 1. The van der Waals surface area contributed by atoms with Gasteiger partial charge in [-0.25, -0.2) is 0 Å². The number of nitrogens with zero attached hydrogens (tertiary/aromatic N) is 6. The number of carbonyl (C=O) groups excluding carboxylic acids is 11. The maximum Gasteiger partial charge on any atom is 0.248 e. The Morgan fingerprint density at radius 3 is 1.75 bits per heavy atom. The van der Waals surface area contributed by atoms with E-state index < -0.39 is 132 Å². The van der Waals surface area contributed by atoms with Crippen LogP contribution in [0.5, 0.6) is 0 Å². The van der Waals surface area contributed by atoms with Gasteiger partial charge in [-0.2, -0.15) is 0 Å². The molecule has 1 saturated heterocycles. The van der Waals surface area contributed by atoms with Crippen LogP contribution in [0, 0.1) is 23.7 Å². The van der Waals surface area contributed by atoms with Gasteiger partial charge in [0.05, 0.1) is 12.6 Å². The molecule has 2 aliphatic heterocycles. The summed E-state index contributed by atoms with van der Waals surface area (Å²) in [5, 5.41) is 24.9. The molecule has 23 nitrogen and oxygen atoms in total. The van der Waals surface area contributed by atoms with Crippen molar-refractivity contribution in [3.05, 3.63) is 77.9 Å². The molecule has 2 aromatic carbocycles. The van der Waals surface area contributed by atoms with Gasteiger partial charge in [-0.05, 0) is 112 Å². The molecule has 0 radical (unpaired) electrons. The van der Waals surface area contributed by atoms with Crippen molar-refractivity contribution >= 4 is 70.6 Å². The van der Waals surface area contributed by atoms with Crippen molar-refractivity contribution in [3.63, 3.8) is 0 Å². The van der Waals surface area contributed by atoms with Crippen molar-refractivity contribution in [1.29, 1.82) is 0 Å². The topological polar surface area (TPSA) is 288 Å². The van der Waals surface area contributed by atoms with Crippen molar-refractivity contribution in [2.75, 3.05) is 54.9 Å². The van der Waals surface area contributed by atoms with Gasteiger partial charge in [0, 0.05) is 67.6 Å². The van der Waals surface area contributed by atoms with E-state index in [0.717, 1.165) is 34.6 Å². The second-order valence-corrected chi connectivity index (χ2v) is 26.6. The third-order valence-electron chi connectivity index (χ3n) is 17.1. The number of hydrogen-bond donors (Lipinski definition) is 6. The normalized spacial score (nSPS) is 25.4. The van der Waals surface area contributed by atoms with Crippen LogP contribution in [-0.2, 0) is 65.6 Å². The number of piperidine rings is 1. The highest BCUT2D eigenvalue weighted by Gasteiger charge is 2.42. The number of hydrogen-bond acceptors (Lipinski definition) is 12. The van der Waals surface area contributed by atoms with Crippen LogP contribution in [0.1, 0.15) is 144 Å². The second-order valence-electron chi connectivity index (χ2n) is 26.6. The molecular weight excluding hydrogens is 1160 g/mol. The van der Waals surface area contributed by atoms with Crippen LogP contribution in [0.25, 0.3) is 5.57 Å². The number of rotatable bonds is 11. The first-order valence-electron chi connectivity index (χ1n) is 32.2. The van der Waals surface area contributed by atoms with Crippen LogP contribution >= 0.6 is 0 Å². The molecule has 11 amide bonds. The first-order chi connectivity index (χ1) is 42.6. The van der Waals surface area contributed by atoms with Crippen molar-refractivity contribution in [2.24, 2.45) is 23.7 Å². The molecule has 0 spiro atoms. The molecule has 0 saturated carbocycles. The van der Waals surface area contributed by atoms with Crippen LogP contribution < -0.4 is 26.6 Å². The molecular formula is C68H105N11O12. The highest BCUT2D eigenvalue weighted by atomic mass is 16.3. The smallest absolute Gasteiger partial charge is 0.248 e. The molecule has 0 aliphatic carbocycles. The van der Waals surface area contributed by atoms with E-state index in [2.05, 4.69) is 33.2 Å². The zero-order valence-electron chi connectivity index (χ0n) is 56.8. The Morgan fingerprint density at radius 1 is 0.571 bits per heavy atom. The number of aliphatic hydroxyl groups is 1. The maximum atomic E-state index is 14.9. The summed E-state index contributed by atoms with van der Waals surface area (Å²) in [4.78, 5) is 166. The van der Waals surface area contributed by atoms with Crippen molar-refractivity contribution in [2.45, 2.75) is 201 Å². The van der Waals surface area contributed by atoms with Crippen LogP contribution in [0.2, 0.25) is 0 Å². The summed E-state index contributed by atoms with van der Waals surface area (Å²) in [6.45, 7) is 23.6. The predicted octanol–water partition coefficient (Wildman–Crippen LogP) is 3.70. The zero-order chi connectivity index (χ0) is 68.3. The lowest BCUT2D eigenvalue weighted by molar-refractivity contribution is -0.153. The largest absolute Gasteiger partial charge is 0.391 e. The highest BCUT2D eigenvalue weighted by Crippen LogP contribution is 2.24. The van der Waals surface area contributed by atoms with Crippen LogP contribution in [0.4, 0.5) is 0 Å². The Hall–Kier alpha value is -7.69. The van der Waals surface area contributed by atoms with Crippen molar-refractivity contribution < 1.29 is 57.8 Å². The number of fused-ring (bicyclic) bond motifs is 2. The molecule has 1 fully saturated rings. The highest BCUT2D eigenvalue weighted by molar-refractivity contribution is 5.98. The first kappa shape index (κ1) is 75.8. The standard InChI is InChI=1S/C68H105N11O12/c1-40(2)33-51-61(84)72-53(65(88)79-31-22-19-23-32-79)38-49-27-24-28-50(36-49)44(9)29-30-56(81)70-52(37-48-25-20-18-21-26-48)64(87)77(16)55(35-42(5)6)66(89)78(17)59(43(7)8)68(91)74(13)39-57(82)73-58(47(12)80)67(90)75(14)46(11)60(83)69-45(10)63(86)76(15)54(34-41(3)4)62(85)71-51/h18,20-21,24-28,36,40-43,45-47,51-55,58-59,80H,9,19,22-23,29-35,37-39H2,1-8,10-17H3,(H,69,83)(H,70,81)(H,71,85)(H,72,84)(H,73,82)/t45-,46-,47+,51-,52-,53-,54-,55-,58-,59-/m0/s1. The van der Waals surface area contributed by atoms with E-state index in [4.69, 9.17) is 0 Å². The molecule has 2 bridgehead atoms. The van der Waals surface area contributed by atoms with Gasteiger partial charge in [0.25, 0.3) is 0 Å². The van der Waals surface area contributed by atoms with E-state index in [1.165, 1.54) is 70.7 Å². The number of likely N-dealkylation sites (N-methyl/N-ethyl adjacent to an activating group) is 5. The first-order valence-corrected chi connectivity index (χ1v) is 32.2. The Labute approximate surface area is 539 Å². The third-order valence-corrected chi connectivity index (χ3v) is 17.1. The average Bonchev–Trinajstić information content (AvgIpc) is 3.08. The Kier molecular flexibility index (Phi) is 29.3. The molecule has 2 aliphatic rings. The van der Waals surface area contributed by atoms with Crippen LogP contribution in [0.3, 0.4) is 0 Å². The molecule has 10 atom stereocenters. The van der Waals surface area contributed by atoms with E-state index in [-0.39, 0.29) is 68.6 Å². The minimum absolute atomic E-state index is 0.0699. The number of amides is 11. The molecule has 0 aromatic heterocycles. The number of benzene rings is 2. The van der Waals surface area contributed by atoms with Gasteiger partial charge in [0.1, 0.15) is 54.4 Å². The van der Waals surface area contributed by atoms with E-state index in [9.17, 15) is 57.8 Å². The van der Waals surface area contributed by atoms with Gasteiger partial charge < -0.3 is 61.1 Å². The molecule has 0 unspecified atom stereocenters. The fourth-order valence-corrected chi connectivity index (χ4v) is 11.7. The van der Waals surface area contributed by atoms with E-state index in [1.807, 2.05) is 90.1 Å². The maximum absolute atomic E-state index is 14.9. The average molecular weight is 1270 g/mol. The lowest BCUT2D eigenvalue weighted by atomic mass is 9.96. The molecule has 2 aromatic rings. The molecule has 504 valence electrons. The van der Waals surface area contributed by atoms with E-state index >= 15 is 0 Å². The van der Waals surface area contributed by atoms with Gasteiger partial charge in [0.15, 0.2) is 0 Å². The van der Waals surface area contributed by atoms with Gasteiger partial charge in [0.2, 0.25) is 65.0 Å². The number of aliphatic hydroxyl groups excluding tert-OH is 1. The summed E-state index contributed by atoms with van der Waals surface area (Å²) >= 11 is 0. The second kappa shape index (κ2) is 35.2. The Balaban J connectivity index is 1.81. The van der Waals surface area contributed by atoms with Gasteiger partial charge in [-0.1, -0.05) is 117 Å². The Bertz CT molecular complexity index is 2870. The summed E-state index contributed by atoms with van der Waals surface area (Å²) in [6, 6.07) is 5.58. The fraction of sp³-hybridized carbons (Fsp3) is 0.632. The van der Waals surface area contributed by atoms with E-state index in [1.54, 1.807) is 24.8 Å². The predicted molar refractivity (Wildman–Crippen MR) is 349 cm³/mol. The number of likely N-dealkylation sites (tertiary alicyclic amines) is 1. The molecule has 2 heterocycles. The number of nitrogens with one attached hydrogen (secondary N) is 5. The van der Waals surface area contributed by atoms with Crippen LogP contribution in [0.15, 0.2) is 61.2 Å². The summed E-state index contributed by atoms with van der Waals surface area (Å²) in [6.07, 6.45) is 1.80. The Morgan fingerprint density at radius 2 is 1.16 bits per heavy atom. The van der Waals surface area contributed by atoms with Crippen molar-refractivity contribution in [3.8, 4) is 0 Å². The lowest BCUT2D eigenvalue weighted by Gasteiger charge is -2.38. The summed E-state index contributed by atoms with van der Waals surface area (Å²) < 4.78 is 0. The van der Waals surface area contributed by atoms with Gasteiger partial charge >= 0.3 is 0 Å². The molecule has 23 heteroatoms. The van der Waals surface area contributed by atoms with Crippen LogP contribution in [-0.4, -0.2) is 215 Å². The minimum Gasteiger partial charge on any atom is -0.391 e. The van der Waals surface area contributed by atoms with Gasteiger partial charge in [-0.15, -0.1) is 0 Å². The van der Waals surface area contributed by atoms with Gasteiger partial charge in [-0.3, -0.25) is 52.7 Å². The SMILES string of the molecule is C=C1CCC(=O)N[C@@H](Cc2ccccc2)C(=O)N(C)[C@@H](CC(C)C)C(=O)N(C)[C@@H](C(C)C)C(=O)N(C)CC(=O)N[C@@H]([C@@H](C)O)C(=O)N(C)[C@@H](C)C(=O)N[C@@H](C)C(=O)N(C)[C@@H](CC(C)C)C(=O)N[C@@H](CC(C)C)C(=O)N[C@H](C(=O)N2CCCCC2)Cc2cccc1c2. The molecule has 91 heavy (non-hydrogen) atoms. The summed E-state index contributed by atoms with van der Waals surface area (Å²) in [5.74, 6) is -7.79. The monoisotopic (exact) mass is 1270 g/mol. The third kappa shape index (κ3) is 22.0. The zero-order valence-corrected chi connectivity index (χ0v) is 56.8. The molecule has 6 N–H and O–H groups in total. The molecule has 4 rings (SSSR count). The number of carbonyl (C=O) groups is 11. The fourth-order valence-electron chi connectivity index (χ4n) is 11.7. The van der Waals surface area contributed by atoms with Crippen molar-refractivity contribution in [1.82, 2.24) is 56.0 Å². The summed E-state index contributed by atoms with van der Waals surface area (Å²) in [5.41, 5.74) is 2.70. The summed E-state index contributed by atoms with van der Waals surface area (Å²) in [7, 11) is 7.01. The minimum atomic E-state index is -1.61. The quantitative estimate of drug-likeness (QED) is 0.188. The van der Waals surface area contributed by atoms with E-state index in [0.29, 0.717) is 29.8 Å².